The number of hydrogen-bond acceptors (Lipinski definition) is 4. The third-order valence-electron chi connectivity index (χ3n) is 6.49. The number of amides is 3. The molecule has 9 heteroatoms. The van der Waals surface area contributed by atoms with Crippen LogP contribution in [0.2, 0.25) is 0 Å². The van der Waals surface area contributed by atoms with Crippen LogP contribution in [0.3, 0.4) is 0 Å². The summed E-state index contributed by atoms with van der Waals surface area (Å²) in [5.74, 6) is -2.43. The molecule has 3 amide bonds. The molecule has 2 rings (SSSR count). The van der Waals surface area contributed by atoms with Crippen LogP contribution in [-0.2, 0) is 11.2 Å². The molecule has 0 aromatic heterocycles. The summed E-state index contributed by atoms with van der Waals surface area (Å²) < 4.78 is 27.8. The average molecular weight is 572 g/mol. The highest BCUT2D eigenvalue weighted by Crippen LogP contribution is 2.16. The summed E-state index contributed by atoms with van der Waals surface area (Å²) in [6, 6.07) is 7.03. The van der Waals surface area contributed by atoms with Gasteiger partial charge in [-0.15, -0.1) is 0 Å². The number of allylic oxidation sites excluding steroid dienone is 1. The van der Waals surface area contributed by atoms with E-state index in [1.807, 2.05) is 26.8 Å². The molecular formula is C32H43F2N3O4. The number of aliphatic hydroxyl groups excluding tert-OH is 1. The van der Waals surface area contributed by atoms with Crippen LogP contribution < -0.4 is 10.6 Å². The number of benzene rings is 2. The topological polar surface area (TPSA) is 98.7 Å². The molecule has 2 aromatic rings. The molecule has 0 bridgehead atoms. The van der Waals surface area contributed by atoms with Crippen molar-refractivity contribution in [3.63, 3.8) is 0 Å². The van der Waals surface area contributed by atoms with Crippen LogP contribution >= 0.6 is 0 Å². The van der Waals surface area contributed by atoms with Gasteiger partial charge < -0.3 is 20.6 Å². The van der Waals surface area contributed by atoms with Crippen LogP contribution in [0, 0.1) is 18.6 Å². The highest BCUT2D eigenvalue weighted by molar-refractivity contribution is 6.00. The Morgan fingerprint density at radius 2 is 1.56 bits per heavy atom. The van der Waals surface area contributed by atoms with Crippen molar-refractivity contribution in [3.8, 4) is 0 Å². The van der Waals surface area contributed by atoms with Gasteiger partial charge in [-0.25, -0.2) is 8.78 Å². The van der Waals surface area contributed by atoms with Crippen molar-refractivity contribution in [1.82, 2.24) is 15.5 Å². The first kappa shape index (κ1) is 33.6. The predicted octanol–water partition coefficient (Wildman–Crippen LogP) is 5.10. The molecule has 224 valence electrons. The molecule has 0 fully saturated rings. The number of nitrogens with one attached hydrogen (secondary N) is 2. The Morgan fingerprint density at radius 3 is 2.17 bits per heavy atom. The summed E-state index contributed by atoms with van der Waals surface area (Å²) in [7, 11) is 0. The van der Waals surface area contributed by atoms with Gasteiger partial charge in [0, 0.05) is 43.2 Å². The molecule has 0 saturated heterocycles. The van der Waals surface area contributed by atoms with Gasteiger partial charge in [-0.3, -0.25) is 14.4 Å². The average Bonchev–Trinajstić information content (AvgIpc) is 2.91. The highest BCUT2D eigenvalue weighted by Gasteiger charge is 2.24. The van der Waals surface area contributed by atoms with Gasteiger partial charge in [-0.05, 0) is 80.5 Å². The van der Waals surface area contributed by atoms with E-state index < -0.39 is 29.7 Å². The molecule has 0 radical (unpaired) electrons. The Labute approximate surface area is 242 Å². The minimum atomic E-state index is -1.13. The SMILES string of the molecule is CC/C=C\CC(=O)NCC[C@@H](O)[C@H](Cc1cc(F)cc(F)c1)NC(=O)c1cc(C)cc(C(=O)N(CCC)CCC)c1. The molecule has 0 saturated carbocycles. The summed E-state index contributed by atoms with van der Waals surface area (Å²) in [5, 5.41) is 16.5. The van der Waals surface area contributed by atoms with Crippen LogP contribution in [0.25, 0.3) is 0 Å². The zero-order chi connectivity index (χ0) is 30.4. The maximum Gasteiger partial charge on any atom is 0.253 e. The Bertz CT molecular complexity index is 1180. The maximum absolute atomic E-state index is 13.9. The molecular weight excluding hydrogens is 528 g/mol. The molecule has 7 nitrogen and oxygen atoms in total. The van der Waals surface area contributed by atoms with Gasteiger partial charge in [0.15, 0.2) is 0 Å². The third kappa shape index (κ3) is 11.4. The van der Waals surface area contributed by atoms with Crippen LogP contribution in [0.1, 0.15) is 84.7 Å². The zero-order valence-electron chi connectivity index (χ0n) is 24.5. The minimum Gasteiger partial charge on any atom is -0.391 e. The van der Waals surface area contributed by atoms with Gasteiger partial charge in [0.2, 0.25) is 5.91 Å². The first-order valence-corrected chi connectivity index (χ1v) is 14.3. The molecule has 0 spiro atoms. The lowest BCUT2D eigenvalue weighted by Crippen LogP contribution is -2.46. The maximum atomic E-state index is 13.9. The van der Waals surface area contributed by atoms with Crippen molar-refractivity contribution >= 4 is 17.7 Å². The summed E-state index contributed by atoms with van der Waals surface area (Å²) in [5.41, 5.74) is 1.61. The Balaban J connectivity index is 2.24. The Morgan fingerprint density at radius 1 is 0.927 bits per heavy atom. The van der Waals surface area contributed by atoms with E-state index in [9.17, 15) is 28.3 Å². The largest absolute Gasteiger partial charge is 0.391 e. The molecule has 0 aliphatic heterocycles. The fourth-order valence-electron chi connectivity index (χ4n) is 4.58. The number of aryl methyl sites for hydroxylation is 1. The van der Waals surface area contributed by atoms with Gasteiger partial charge in [-0.1, -0.05) is 32.9 Å². The smallest absolute Gasteiger partial charge is 0.253 e. The molecule has 0 aliphatic carbocycles. The predicted molar refractivity (Wildman–Crippen MR) is 157 cm³/mol. The van der Waals surface area contributed by atoms with E-state index >= 15 is 0 Å². The fraction of sp³-hybridized carbons (Fsp3) is 0.469. The molecule has 0 heterocycles. The second-order valence-corrected chi connectivity index (χ2v) is 10.2. The number of carbonyl (C=O) groups excluding carboxylic acids is 3. The Kier molecular flexibility index (Phi) is 14.2. The summed E-state index contributed by atoms with van der Waals surface area (Å²) in [6.07, 6.45) is 5.22. The number of nitrogens with zero attached hydrogens (tertiary/aromatic N) is 1. The van der Waals surface area contributed by atoms with E-state index in [2.05, 4.69) is 10.6 Å². The third-order valence-corrected chi connectivity index (χ3v) is 6.49. The van der Waals surface area contributed by atoms with Crippen molar-refractivity contribution < 1.29 is 28.3 Å². The first-order chi connectivity index (χ1) is 19.6. The fourth-order valence-corrected chi connectivity index (χ4v) is 4.58. The van der Waals surface area contributed by atoms with Crippen molar-refractivity contribution in [3.05, 3.63) is 82.4 Å². The van der Waals surface area contributed by atoms with Crippen molar-refractivity contribution in [2.45, 2.75) is 78.4 Å². The van der Waals surface area contributed by atoms with Crippen LogP contribution in [0.4, 0.5) is 8.78 Å². The number of aliphatic hydroxyl groups is 1. The number of carbonyl (C=O) groups is 3. The van der Waals surface area contributed by atoms with E-state index in [-0.39, 0.29) is 48.7 Å². The van der Waals surface area contributed by atoms with Crippen LogP contribution in [-0.4, -0.2) is 59.5 Å². The van der Waals surface area contributed by atoms with Gasteiger partial charge >= 0.3 is 0 Å². The van der Waals surface area contributed by atoms with Gasteiger partial charge in [-0.2, -0.15) is 0 Å². The zero-order valence-corrected chi connectivity index (χ0v) is 24.5. The van der Waals surface area contributed by atoms with E-state index in [1.54, 1.807) is 30.0 Å². The van der Waals surface area contributed by atoms with Crippen molar-refractivity contribution in [1.29, 1.82) is 0 Å². The molecule has 0 aliphatic rings. The second-order valence-electron chi connectivity index (χ2n) is 10.2. The van der Waals surface area contributed by atoms with Gasteiger partial charge in [0.05, 0.1) is 12.1 Å². The van der Waals surface area contributed by atoms with Crippen LogP contribution in [0.5, 0.6) is 0 Å². The number of hydrogen-bond donors (Lipinski definition) is 3. The lowest BCUT2D eigenvalue weighted by Gasteiger charge is -2.25. The standard InChI is InChI=1S/C32H43F2N3O4/c1-5-8-9-10-30(39)35-12-11-29(38)28(19-23-17-26(33)21-27(34)18-23)36-31(40)24-15-22(4)16-25(20-24)32(41)37(13-6-2)14-7-3/h8-9,15-18,20-21,28-29,38H,5-7,10-14,19H2,1-4H3,(H,35,39)(H,36,40)/b9-8-/t28-,29+/m0/s1. The van der Waals surface area contributed by atoms with Crippen molar-refractivity contribution in [2.75, 3.05) is 19.6 Å². The minimum absolute atomic E-state index is 0.0485. The second kappa shape index (κ2) is 17.3. The monoisotopic (exact) mass is 571 g/mol. The highest BCUT2D eigenvalue weighted by atomic mass is 19.1. The van der Waals surface area contributed by atoms with Gasteiger partial charge in [0.1, 0.15) is 11.6 Å². The molecule has 0 unspecified atom stereocenters. The van der Waals surface area contributed by atoms with E-state index in [1.165, 1.54) is 6.07 Å². The molecule has 3 N–H and O–H groups in total. The van der Waals surface area contributed by atoms with E-state index in [0.29, 0.717) is 18.7 Å². The molecule has 2 atom stereocenters. The van der Waals surface area contributed by atoms with Crippen molar-refractivity contribution in [2.24, 2.45) is 0 Å². The normalized spacial score (nSPS) is 12.7. The lowest BCUT2D eigenvalue weighted by molar-refractivity contribution is -0.120. The quantitative estimate of drug-likeness (QED) is 0.244. The summed E-state index contributed by atoms with van der Waals surface area (Å²) in [4.78, 5) is 40.4. The number of rotatable bonds is 16. The number of halogens is 2. The van der Waals surface area contributed by atoms with E-state index in [0.717, 1.165) is 43.0 Å². The molecule has 2 aromatic carbocycles. The molecule has 41 heavy (non-hydrogen) atoms. The first-order valence-electron chi connectivity index (χ1n) is 14.3. The lowest BCUT2D eigenvalue weighted by atomic mass is 9.97. The summed E-state index contributed by atoms with van der Waals surface area (Å²) >= 11 is 0. The Hall–Kier alpha value is -3.59. The van der Waals surface area contributed by atoms with E-state index in [4.69, 9.17) is 0 Å². The summed E-state index contributed by atoms with van der Waals surface area (Å²) in [6.45, 7) is 9.10. The van der Waals surface area contributed by atoms with Gasteiger partial charge in [0.25, 0.3) is 11.8 Å². The van der Waals surface area contributed by atoms with Crippen LogP contribution in [0.15, 0.2) is 48.6 Å².